The number of benzene rings is 1. The number of hydrogen-bond acceptors (Lipinski definition) is 4. The minimum atomic E-state index is -0.154. The van der Waals surface area contributed by atoms with Crippen LogP contribution in [0.3, 0.4) is 0 Å². The SMILES string of the molecule is CSCCn1c(=NC(=O)c2cccs2)sc2c(C)cc(C)cc21. The molecule has 0 radical (unpaired) electrons. The van der Waals surface area contributed by atoms with Gasteiger partial charge >= 0.3 is 0 Å². The third-order valence-corrected chi connectivity index (χ3v) is 6.24. The standard InChI is InChI=1S/C17H18N2OS3/c1-11-9-12(2)15-13(10-11)19(6-8-21-3)17(23-15)18-16(20)14-5-4-7-22-14/h4-5,7,9-10H,6,8H2,1-3H3. The Balaban J connectivity index is 2.18. The number of thiophene rings is 1. The summed E-state index contributed by atoms with van der Waals surface area (Å²) in [5, 5.41) is 1.91. The van der Waals surface area contributed by atoms with Crippen LogP contribution in [0.4, 0.5) is 0 Å². The van der Waals surface area contributed by atoms with Gasteiger partial charge in [-0.25, -0.2) is 0 Å². The Morgan fingerprint density at radius 2 is 2.17 bits per heavy atom. The van der Waals surface area contributed by atoms with Gasteiger partial charge in [0.25, 0.3) is 5.91 Å². The molecule has 0 saturated heterocycles. The molecule has 6 heteroatoms. The van der Waals surface area contributed by atoms with E-state index >= 15 is 0 Å². The monoisotopic (exact) mass is 362 g/mol. The highest BCUT2D eigenvalue weighted by Gasteiger charge is 2.11. The molecule has 3 nitrogen and oxygen atoms in total. The number of hydrogen-bond donors (Lipinski definition) is 0. The largest absolute Gasteiger partial charge is 0.315 e. The molecule has 0 unspecified atom stereocenters. The fraction of sp³-hybridized carbons (Fsp3) is 0.294. The first-order valence-electron chi connectivity index (χ1n) is 7.32. The van der Waals surface area contributed by atoms with Crippen LogP contribution in [-0.4, -0.2) is 22.5 Å². The Morgan fingerprint density at radius 3 is 2.87 bits per heavy atom. The van der Waals surface area contributed by atoms with Crippen molar-refractivity contribution in [1.29, 1.82) is 0 Å². The molecule has 0 aliphatic heterocycles. The van der Waals surface area contributed by atoms with E-state index in [9.17, 15) is 4.79 Å². The lowest BCUT2D eigenvalue weighted by atomic mass is 10.1. The maximum atomic E-state index is 12.4. The van der Waals surface area contributed by atoms with Crippen LogP contribution < -0.4 is 4.80 Å². The maximum Gasteiger partial charge on any atom is 0.289 e. The zero-order chi connectivity index (χ0) is 16.4. The predicted octanol–water partition coefficient (Wildman–Crippen LogP) is 4.49. The van der Waals surface area contributed by atoms with Crippen LogP contribution in [0.15, 0.2) is 34.6 Å². The Labute approximate surface area is 147 Å². The summed E-state index contributed by atoms with van der Waals surface area (Å²) in [6.07, 6.45) is 2.10. The van der Waals surface area contributed by atoms with E-state index in [0.717, 1.165) is 17.1 Å². The van der Waals surface area contributed by atoms with Crippen LogP contribution in [0.1, 0.15) is 20.8 Å². The van der Waals surface area contributed by atoms with Gasteiger partial charge < -0.3 is 4.57 Å². The molecule has 3 rings (SSSR count). The number of thiazole rings is 1. The van der Waals surface area contributed by atoms with Gasteiger partial charge in [-0.1, -0.05) is 23.5 Å². The van der Waals surface area contributed by atoms with Gasteiger partial charge in [0.05, 0.1) is 15.1 Å². The van der Waals surface area contributed by atoms with Gasteiger partial charge in [-0.2, -0.15) is 16.8 Å². The summed E-state index contributed by atoms with van der Waals surface area (Å²) in [7, 11) is 0. The summed E-state index contributed by atoms with van der Waals surface area (Å²) in [4.78, 5) is 18.2. The summed E-state index contributed by atoms with van der Waals surface area (Å²) >= 11 is 4.84. The van der Waals surface area contributed by atoms with Gasteiger partial charge in [-0.3, -0.25) is 4.79 Å². The van der Waals surface area contributed by atoms with E-state index in [2.05, 4.69) is 41.8 Å². The van der Waals surface area contributed by atoms with Gasteiger partial charge in [0.2, 0.25) is 0 Å². The van der Waals surface area contributed by atoms with E-state index < -0.39 is 0 Å². The molecular formula is C17H18N2OS3. The lowest BCUT2D eigenvalue weighted by Crippen LogP contribution is -2.18. The molecule has 0 atom stereocenters. The van der Waals surface area contributed by atoms with Gasteiger partial charge in [0.15, 0.2) is 4.80 Å². The highest BCUT2D eigenvalue weighted by Crippen LogP contribution is 2.24. The summed E-state index contributed by atoms with van der Waals surface area (Å²) in [6, 6.07) is 8.08. The van der Waals surface area contributed by atoms with Crippen molar-refractivity contribution in [3.05, 3.63) is 50.5 Å². The first kappa shape index (κ1) is 16.5. The third-order valence-electron chi connectivity index (χ3n) is 3.56. The smallest absolute Gasteiger partial charge is 0.289 e. The quantitative estimate of drug-likeness (QED) is 0.685. The van der Waals surface area contributed by atoms with Crippen LogP contribution in [-0.2, 0) is 6.54 Å². The molecular weight excluding hydrogens is 344 g/mol. The summed E-state index contributed by atoms with van der Waals surface area (Å²) < 4.78 is 3.40. The van der Waals surface area contributed by atoms with E-state index in [1.54, 1.807) is 23.1 Å². The number of carbonyl (C=O) groups is 1. The molecule has 1 aromatic carbocycles. The van der Waals surface area contributed by atoms with Crippen molar-refractivity contribution >= 4 is 50.6 Å². The number of rotatable bonds is 4. The van der Waals surface area contributed by atoms with Crippen LogP contribution in [0.2, 0.25) is 0 Å². The molecule has 2 aromatic heterocycles. The fourth-order valence-electron chi connectivity index (χ4n) is 2.54. The van der Waals surface area contributed by atoms with Gasteiger partial charge in [-0.15, -0.1) is 11.3 Å². The molecule has 0 bridgehead atoms. The van der Waals surface area contributed by atoms with E-state index in [-0.39, 0.29) is 5.91 Å². The van der Waals surface area contributed by atoms with E-state index in [4.69, 9.17) is 0 Å². The molecule has 23 heavy (non-hydrogen) atoms. The molecule has 2 heterocycles. The van der Waals surface area contributed by atoms with Gasteiger partial charge in [0, 0.05) is 12.3 Å². The average Bonchev–Trinajstić information content (AvgIpc) is 3.14. The van der Waals surface area contributed by atoms with Crippen LogP contribution >= 0.6 is 34.4 Å². The lowest BCUT2D eigenvalue weighted by Gasteiger charge is -2.05. The topological polar surface area (TPSA) is 34.4 Å². The molecule has 1 amide bonds. The van der Waals surface area contributed by atoms with Crippen LogP contribution in [0.25, 0.3) is 10.2 Å². The summed E-state index contributed by atoms with van der Waals surface area (Å²) in [6.45, 7) is 5.09. The molecule has 0 fully saturated rings. The first-order chi connectivity index (χ1) is 11.1. The third kappa shape index (κ3) is 3.44. The maximum absolute atomic E-state index is 12.4. The average molecular weight is 363 g/mol. The van der Waals surface area contributed by atoms with E-state index in [0.29, 0.717) is 4.88 Å². The molecule has 0 aliphatic carbocycles. The highest BCUT2D eigenvalue weighted by molar-refractivity contribution is 7.98. The van der Waals surface area contributed by atoms with Crippen molar-refractivity contribution in [3.63, 3.8) is 0 Å². The zero-order valence-corrected chi connectivity index (χ0v) is 15.8. The molecule has 120 valence electrons. The molecule has 0 N–H and O–H groups in total. The highest BCUT2D eigenvalue weighted by atomic mass is 32.2. The van der Waals surface area contributed by atoms with E-state index in [1.807, 2.05) is 17.5 Å². The number of aryl methyl sites for hydroxylation is 3. The Kier molecular flexibility index (Phi) is 5.04. The number of thioether (sulfide) groups is 1. The van der Waals surface area contributed by atoms with Crippen molar-refractivity contribution in [3.8, 4) is 0 Å². The molecule has 0 saturated carbocycles. The Hall–Kier alpha value is -1.37. The second-order valence-corrected chi connectivity index (χ2v) is 8.26. The second-order valence-electron chi connectivity index (χ2n) is 5.35. The van der Waals surface area contributed by atoms with Gasteiger partial charge in [0.1, 0.15) is 0 Å². The number of carbonyl (C=O) groups excluding carboxylic acids is 1. The molecule has 0 spiro atoms. The Bertz CT molecular complexity index is 904. The fourth-order valence-corrected chi connectivity index (χ4v) is 4.62. The number of aromatic nitrogens is 1. The first-order valence-corrected chi connectivity index (χ1v) is 10.4. The van der Waals surface area contributed by atoms with Crippen LogP contribution in [0, 0.1) is 13.8 Å². The van der Waals surface area contributed by atoms with Crippen molar-refractivity contribution in [2.45, 2.75) is 20.4 Å². The van der Waals surface area contributed by atoms with Crippen LogP contribution in [0.5, 0.6) is 0 Å². The van der Waals surface area contributed by atoms with Crippen molar-refractivity contribution in [2.75, 3.05) is 12.0 Å². The second kappa shape index (κ2) is 7.03. The number of nitrogens with zero attached hydrogens (tertiary/aromatic N) is 2. The predicted molar refractivity (Wildman–Crippen MR) is 102 cm³/mol. The van der Waals surface area contributed by atoms with E-state index in [1.165, 1.54) is 32.7 Å². The Morgan fingerprint density at radius 1 is 1.35 bits per heavy atom. The number of fused-ring (bicyclic) bond motifs is 1. The van der Waals surface area contributed by atoms with Crippen molar-refractivity contribution in [1.82, 2.24) is 4.57 Å². The van der Waals surface area contributed by atoms with Crippen molar-refractivity contribution in [2.24, 2.45) is 4.99 Å². The molecule has 3 aromatic rings. The minimum absolute atomic E-state index is 0.154. The zero-order valence-electron chi connectivity index (χ0n) is 13.3. The molecule has 0 aliphatic rings. The van der Waals surface area contributed by atoms with Crippen molar-refractivity contribution < 1.29 is 4.79 Å². The normalized spacial score (nSPS) is 12.2. The summed E-state index contributed by atoms with van der Waals surface area (Å²) in [5.41, 5.74) is 3.66. The number of amides is 1. The van der Waals surface area contributed by atoms with Gasteiger partial charge in [-0.05, 0) is 48.7 Å². The minimum Gasteiger partial charge on any atom is -0.315 e. The lowest BCUT2D eigenvalue weighted by molar-refractivity contribution is 0.100. The summed E-state index contributed by atoms with van der Waals surface area (Å²) in [5.74, 6) is 0.845.